The van der Waals surface area contributed by atoms with E-state index in [1.54, 1.807) is 18.3 Å². The number of carbonyl (C=O) groups excluding carboxylic acids is 1. The molecule has 0 radical (unpaired) electrons. The van der Waals surface area contributed by atoms with Crippen LogP contribution in [0.5, 0.6) is 0 Å². The first-order valence-corrected chi connectivity index (χ1v) is 4.59. The number of cyclic esters (lactones) is 1. The number of nitrogens with zero attached hydrogens (tertiary/aromatic N) is 2. The molecule has 1 aliphatic heterocycles. The van der Waals surface area contributed by atoms with E-state index in [1.807, 2.05) is 6.07 Å². The molecule has 1 fully saturated rings. The summed E-state index contributed by atoms with van der Waals surface area (Å²) in [4.78, 5) is 15.2. The predicted octanol–water partition coefficient (Wildman–Crippen LogP) is 0.681. The minimum absolute atomic E-state index is 0.287. The molecule has 0 spiro atoms. The monoisotopic (exact) mass is 203 g/mol. The van der Waals surface area contributed by atoms with Crippen LogP contribution in [0.15, 0.2) is 18.3 Å². The summed E-state index contributed by atoms with van der Waals surface area (Å²) >= 11 is 0. The van der Waals surface area contributed by atoms with Gasteiger partial charge in [0, 0.05) is 12.6 Å². The predicted molar refractivity (Wildman–Crippen MR) is 51.9 cm³/mol. The van der Waals surface area contributed by atoms with Gasteiger partial charge in [0.15, 0.2) is 0 Å². The Morgan fingerprint density at radius 3 is 3.20 bits per heavy atom. The number of aromatic nitrogens is 1. The van der Waals surface area contributed by atoms with Gasteiger partial charge in [-0.05, 0) is 12.1 Å². The summed E-state index contributed by atoms with van der Waals surface area (Å²) in [5, 5.41) is 11.7. The summed E-state index contributed by atoms with van der Waals surface area (Å²) < 4.78 is 4.80. The lowest BCUT2D eigenvalue weighted by Crippen LogP contribution is -2.25. The zero-order chi connectivity index (χ0) is 10.7. The van der Waals surface area contributed by atoms with Crippen molar-refractivity contribution in [3.63, 3.8) is 0 Å². The lowest BCUT2D eigenvalue weighted by atomic mass is 10.2. The van der Waals surface area contributed by atoms with Crippen LogP contribution in [0.25, 0.3) is 0 Å². The second-order valence-electron chi connectivity index (χ2n) is 3.16. The maximum atomic E-state index is 11.2. The Morgan fingerprint density at radius 1 is 1.67 bits per heavy atom. The molecule has 1 N–H and O–H groups in total. The zero-order valence-electron chi connectivity index (χ0n) is 7.93. The molecule has 5 nitrogen and oxygen atoms in total. The highest BCUT2D eigenvalue weighted by atomic mass is 16.5. The number of pyridine rings is 1. The fourth-order valence-corrected chi connectivity index (χ4v) is 1.40. The lowest BCUT2D eigenvalue weighted by molar-refractivity contribution is -0.138. The fourth-order valence-electron chi connectivity index (χ4n) is 1.40. The van der Waals surface area contributed by atoms with Crippen molar-refractivity contribution in [1.82, 2.24) is 4.98 Å². The maximum absolute atomic E-state index is 11.2. The van der Waals surface area contributed by atoms with Gasteiger partial charge in [-0.1, -0.05) is 0 Å². The van der Waals surface area contributed by atoms with E-state index in [9.17, 15) is 4.79 Å². The Balaban J connectivity index is 2.17. The molecule has 1 aromatic rings. The van der Waals surface area contributed by atoms with Gasteiger partial charge >= 0.3 is 5.97 Å². The van der Waals surface area contributed by atoms with Crippen LogP contribution in [-0.2, 0) is 9.53 Å². The van der Waals surface area contributed by atoms with E-state index in [0.717, 1.165) is 0 Å². The van der Waals surface area contributed by atoms with E-state index >= 15 is 0 Å². The second-order valence-corrected chi connectivity index (χ2v) is 3.16. The van der Waals surface area contributed by atoms with Crippen LogP contribution in [0.2, 0.25) is 0 Å². The first-order chi connectivity index (χ1) is 7.31. The van der Waals surface area contributed by atoms with Gasteiger partial charge in [-0.15, -0.1) is 0 Å². The molecule has 1 atom stereocenters. The van der Waals surface area contributed by atoms with Crippen molar-refractivity contribution in [1.29, 1.82) is 5.26 Å². The first kappa shape index (κ1) is 9.46. The third-order valence-electron chi connectivity index (χ3n) is 2.17. The maximum Gasteiger partial charge on any atom is 0.328 e. The van der Waals surface area contributed by atoms with Crippen molar-refractivity contribution in [2.24, 2.45) is 0 Å². The number of hydrogen-bond donors (Lipinski definition) is 1. The molecule has 0 aromatic carbocycles. The highest BCUT2D eigenvalue weighted by Gasteiger charge is 2.27. The molecule has 1 unspecified atom stereocenters. The standard InChI is InChI=1S/C10H9N3O2/c11-6-7-2-1-4-12-9(7)13-8-3-5-15-10(8)14/h1-2,4,8H,3,5H2,(H,12,13). The number of esters is 1. The molecule has 1 saturated heterocycles. The highest BCUT2D eigenvalue weighted by Crippen LogP contribution is 2.15. The van der Waals surface area contributed by atoms with Gasteiger partial charge in [-0.3, -0.25) is 0 Å². The minimum Gasteiger partial charge on any atom is -0.464 e. The number of nitriles is 1. The molecule has 0 aliphatic carbocycles. The first-order valence-electron chi connectivity index (χ1n) is 4.59. The SMILES string of the molecule is N#Cc1cccnc1NC1CCOC1=O. The third-order valence-corrected chi connectivity index (χ3v) is 2.17. The van der Waals surface area contributed by atoms with E-state index in [4.69, 9.17) is 10.00 Å². The molecule has 1 aliphatic rings. The van der Waals surface area contributed by atoms with Crippen LogP contribution in [0.3, 0.4) is 0 Å². The van der Waals surface area contributed by atoms with Crippen LogP contribution >= 0.6 is 0 Å². The minimum atomic E-state index is -0.382. The van der Waals surface area contributed by atoms with Crippen molar-refractivity contribution >= 4 is 11.8 Å². The van der Waals surface area contributed by atoms with Crippen molar-refractivity contribution in [3.8, 4) is 6.07 Å². The van der Waals surface area contributed by atoms with Crippen LogP contribution in [0.1, 0.15) is 12.0 Å². The van der Waals surface area contributed by atoms with Crippen molar-refractivity contribution in [2.45, 2.75) is 12.5 Å². The van der Waals surface area contributed by atoms with Crippen LogP contribution < -0.4 is 5.32 Å². The lowest BCUT2D eigenvalue weighted by Gasteiger charge is -2.09. The zero-order valence-corrected chi connectivity index (χ0v) is 7.93. The molecular formula is C10H9N3O2. The Kier molecular flexibility index (Phi) is 2.50. The molecule has 76 valence electrons. The van der Waals surface area contributed by atoms with Crippen molar-refractivity contribution in [2.75, 3.05) is 11.9 Å². The van der Waals surface area contributed by atoms with Crippen LogP contribution in [0, 0.1) is 11.3 Å². The number of rotatable bonds is 2. The second kappa shape index (κ2) is 3.96. The van der Waals surface area contributed by atoms with Gasteiger partial charge in [0.1, 0.15) is 17.9 Å². The Bertz CT molecular complexity index is 425. The number of anilines is 1. The average molecular weight is 203 g/mol. The van der Waals surface area contributed by atoms with E-state index in [1.165, 1.54) is 0 Å². The summed E-state index contributed by atoms with van der Waals surface area (Å²) in [6.45, 7) is 0.422. The quantitative estimate of drug-likeness (QED) is 0.715. The summed E-state index contributed by atoms with van der Waals surface area (Å²) in [7, 11) is 0. The smallest absolute Gasteiger partial charge is 0.328 e. The van der Waals surface area contributed by atoms with Gasteiger partial charge in [-0.25, -0.2) is 9.78 Å². The summed E-state index contributed by atoms with van der Waals surface area (Å²) in [5.41, 5.74) is 0.428. The molecule has 0 amide bonds. The summed E-state index contributed by atoms with van der Waals surface area (Å²) in [6, 6.07) is 4.95. The Labute approximate surface area is 86.7 Å². The number of nitrogens with one attached hydrogen (secondary N) is 1. The molecule has 1 aromatic heterocycles. The topological polar surface area (TPSA) is 75.0 Å². The van der Waals surface area contributed by atoms with Crippen LogP contribution in [-0.4, -0.2) is 23.6 Å². The molecule has 0 saturated carbocycles. The molecule has 2 rings (SSSR count). The third kappa shape index (κ3) is 1.89. The van der Waals surface area contributed by atoms with Crippen molar-refractivity contribution < 1.29 is 9.53 Å². The Morgan fingerprint density at radius 2 is 2.53 bits per heavy atom. The van der Waals surface area contributed by atoms with Crippen LogP contribution in [0.4, 0.5) is 5.82 Å². The van der Waals surface area contributed by atoms with Gasteiger partial charge in [0.05, 0.1) is 12.2 Å². The van der Waals surface area contributed by atoms with Gasteiger partial charge in [-0.2, -0.15) is 5.26 Å². The number of hydrogen-bond acceptors (Lipinski definition) is 5. The van der Waals surface area contributed by atoms with E-state index in [-0.39, 0.29) is 12.0 Å². The Hall–Kier alpha value is -2.09. The van der Waals surface area contributed by atoms with Gasteiger partial charge in [0.2, 0.25) is 0 Å². The molecule has 5 heteroatoms. The van der Waals surface area contributed by atoms with E-state index in [2.05, 4.69) is 10.3 Å². The number of ether oxygens (including phenoxy) is 1. The molecule has 0 bridgehead atoms. The van der Waals surface area contributed by atoms with Crippen molar-refractivity contribution in [3.05, 3.63) is 23.9 Å². The normalized spacial score (nSPS) is 19.4. The van der Waals surface area contributed by atoms with Gasteiger partial charge in [0.25, 0.3) is 0 Å². The summed E-state index contributed by atoms with van der Waals surface area (Å²) in [5.74, 6) is 0.147. The molecular weight excluding hydrogens is 194 g/mol. The number of carbonyl (C=O) groups is 1. The molecule has 2 heterocycles. The van der Waals surface area contributed by atoms with E-state index in [0.29, 0.717) is 24.4 Å². The van der Waals surface area contributed by atoms with Gasteiger partial charge < -0.3 is 10.1 Å². The molecule has 15 heavy (non-hydrogen) atoms. The van der Waals surface area contributed by atoms with E-state index < -0.39 is 0 Å². The summed E-state index contributed by atoms with van der Waals surface area (Å²) in [6.07, 6.45) is 2.18. The highest BCUT2D eigenvalue weighted by molar-refractivity contribution is 5.81. The fraction of sp³-hybridized carbons (Fsp3) is 0.300. The average Bonchev–Trinajstić information content (AvgIpc) is 2.65. The largest absolute Gasteiger partial charge is 0.464 e.